The molecule has 0 aliphatic carbocycles. The van der Waals surface area contributed by atoms with Crippen LogP contribution in [0.2, 0.25) is 0 Å². The van der Waals surface area contributed by atoms with Gasteiger partial charge < -0.3 is 4.74 Å². The molecule has 2 rings (SSSR count). The molecule has 0 fully saturated rings. The van der Waals surface area contributed by atoms with Gasteiger partial charge in [0.1, 0.15) is 0 Å². The van der Waals surface area contributed by atoms with Crippen molar-refractivity contribution < 1.29 is 13.1 Å². The van der Waals surface area contributed by atoms with Crippen LogP contribution in [0.4, 0.5) is 0 Å². The molecule has 3 nitrogen and oxygen atoms in total. The molecule has 0 spiro atoms. The van der Waals surface area contributed by atoms with Crippen LogP contribution < -0.4 is 0 Å². The lowest BCUT2D eigenvalue weighted by Crippen LogP contribution is -2.06. The van der Waals surface area contributed by atoms with Crippen LogP contribution in [0.1, 0.15) is 24.8 Å². The van der Waals surface area contributed by atoms with E-state index in [4.69, 9.17) is 20.1 Å². The second kappa shape index (κ2) is 9.78. The van der Waals surface area contributed by atoms with E-state index in [-0.39, 0.29) is 0 Å². The molecule has 1 unspecified atom stereocenters. The van der Waals surface area contributed by atoms with Gasteiger partial charge >= 0.3 is 0 Å². The first-order valence-corrected chi connectivity index (χ1v) is 10.2. The molecule has 0 heterocycles. The SMILES string of the molecule is O=S(=S)(OCCCCCOCc1ccccc1)c1ccccc1. The highest BCUT2D eigenvalue weighted by Gasteiger charge is 2.09. The average molecular weight is 351 g/mol. The highest BCUT2D eigenvalue weighted by atomic mass is 32.8. The van der Waals surface area contributed by atoms with E-state index in [1.165, 1.54) is 5.56 Å². The summed E-state index contributed by atoms with van der Waals surface area (Å²) in [5.41, 5.74) is 1.18. The molecule has 1 atom stereocenters. The van der Waals surface area contributed by atoms with Gasteiger partial charge in [0.15, 0.2) is 8.77 Å². The lowest BCUT2D eigenvalue weighted by atomic mass is 10.2. The number of hydrogen-bond donors (Lipinski definition) is 0. The maximum atomic E-state index is 12.2. The Morgan fingerprint density at radius 1 is 0.826 bits per heavy atom. The van der Waals surface area contributed by atoms with E-state index >= 15 is 0 Å². The normalized spacial score (nSPS) is 13.6. The van der Waals surface area contributed by atoms with Crippen molar-refractivity contribution in [2.45, 2.75) is 30.8 Å². The quantitative estimate of drug-likeness (QED) is 0.604. The molecule has 124 valence electrons. The van der Waals surface area contributed by atoms with Crippen molar-refractivity contribution in [2.75, 3.05) is 13.2 Å². The fourth-order valence-corrected chi connectivity index (χ4v) is 3.57. The van der Waals surface area contributed by atoms with Gasteiger partial charge in [-0.15, -0.1) is 0 Å². The minimum Gasteiger partial charge on any atom is -0.377 e. The molecule has 2 aromatic carbocycles. The predicted molar refractivity (Wildman–Crippen MR) is 96.1 cm³/mol. The zero-order chi connectivity index (χ0) is 16.4. The Kier molecular flexibility index (Phi) is 7.68. The van der Waals surface area contributed by atoms with E-state index in [1.54, 1.807) is 12.1 Å². The zero-order valence-corrected chi connectivity index (χ0v) is 14.7. The number of ether oxygens (including phenoxy) is 1. The van der Waals surface area contributed by atoms with Crippen molar-refractivity contribution in [1.82, 2.24) is 0 Å². The van der Waals surface area contributed by atoms with Gasteiger partial charge in [-0.3, -0.25) is 4.18 Å². The standard InChI is InChI=1S/C18H22O3S2/c19-23(22,18-12-6-2-7-13-18)21-15-9-3-8-14-20-16-17-10-4-1-5-11-17/h1-2,4-7,10-13H,3,8-9,14-16H2. The van der Waals surface area contributed by atoms with Crippen LogP contribution in [0.25, 0.3) is 0 Å². The van der Waals surface area contributed by atoms with Crippen molar-refractivity contribution in [1.29, 1.82) is 0 Å². The van der Waals surface area contributed by atoms with E-state index in [2.05, 4.69) is 12.1 Å². The summed E-state index contributed by atoms with van der Waals surface area (Å²) in [4.78, 5) is 0.571. The highest BCUT2D eigenvalue weighted by Crippen LogP contribution is 2.12. The molecule has 0 aromatic heterocycles. The van der Waals surface area contributed by atoms with Gasteiger partial charge in [0.05, 0.1) is 18.1 Å². The van der Waals surface area contributed by atoms with Crippen LogP contribution >= 0.6 is 0 Å². The second-order valence-electron chi connectivity index (χ2n) is 5.19. The Hall–Kier alpha value is -1.27. The summed E-state index contributed by atoms with van der Waals surface area (Å²) >= 11 is 5.06. The van der Waals surface area contributed by atoms with E-state index < -0.39 is 8.77 Å². The summed E-state index contributed by atoms with van der Waals surface area (Å²) in [6.07, 6.45) is 2.75. The van der Waals surface area contributed by atoms with Crippen molar-refractivity contribution in [3.05, 3.63) is 66.2 Å². The molecule has 0 aliphatic heterocycles. The van der Waals surface area contributed by atoms with Crippen LogP contribution in [-0.4, -0.2) is 17.4 Å². The number of benzene rings is 2. The molecule has 0 saturated carbocycles. The number of hydrogen-bond acceptors (Lipinski definition) is 4. The van der Waals surface area contributed by atoms with E-state index in [0.717, 1.165) is 25.9 Å². The Balaban J connectivity index is 1.54. The minimum absolute atomic E-state index is 0.413. The van der Waals surface area contributed by atoms with Crippen LogP contribution in [0.15, 0.2) is 65.6 Å². The van der Waals surface area contributed by atoms with Crippen LogP contribution in [-0.2, 0) is 35.5 Å². The van der Waals surface area contributed by atoms with Crippen molar-refractivity contribution >= 4 is 20.0 Å². The fourth-order valence-electron chi connectivity index (χ4n) is 2.07. The Labute approximate surface area is 143 Å². The first-order chi connectivity index (χ1) is 11.2. The van der Waals surface area contributed by atoms with Gasteiger partial charge in [-0.2, -0.15) is 0 Å². The largest absolute Gasteiger partial charge is 0.377 e. The van der Waals surface area contributed by atoms with Crippen molar-refractivity contribution in [3.63, 3.8) is 0 Å². The first-order valence-electron chi connectivity index (χ1n) is 7.75. The molecule has 0 saturated heterocycles. The lowest BCUT2D eigenvalue weighted by Gasteiger charge is -2.08. The summed E-state index contributed by atoms with van der Waals surface area (Å²) in [6, 6.07) is 19.1. The lowest BCUT2D eigenvalue weighted by molar-refractivity contribution is 0.116. The summed E-state index contributed by atoms with van der Waals surface area (Å²) in [5.74, 6) is 0. The van der Waals surface area contributed by atoms with E-state index in [0.29, 0.717) is 18.1 Å². The van der Waals surface area contributed by atoms with Crippen LogP contribution in [0, 0.1) is 0 Å². The molecular weight excluding hydrogens is 328 g/mol. The third-order valence-corrected chi connectivity index (χ3v) is 5.51. The van der Waals surface area contributed by atoms with Crippen molar-refractivity contribution in [3.8, 4) is 0 Å². The molecule has 0 N–H and O–H groups in total. The summed E-state index contributed by atoms with van der Waals surface area (Å²) in [5, 5.41) is 0. The molecular formula is C18H22O3S2. The molecule has 5 heteroatoms. The molecule has 0 amide bonds. The highest BCUT2D eigenvalue weighted by molar-refractivity contribution is 8.30. The van der Waals surface area contributed by atoms with Gasteiger partial charge in [0.25, 0.3) is 0 Å². The second-order valence-corrected chi connectivity index (χ2v) is 8.12. The molecule has 0 aliphatic rings. The summed E-state index contributed by atoms with van der Waals surface area (Å²) in [6.45, 7) is 1.78. The third kappa shape index (κ3) is 6.79. The van der Waals surface area contributed by atoms with Gasteiger partial charge in [-0.1, -0.05) is 48.5 Å². The first kappa shape index (κ1) is 18.1. The Morgan fingerprint density at radius 2 is 1.43 bits per heavy atom. The average Bonchev–Trinajstić information content (AvgIpc) is 2.59. The Bertz CT molecular complexity index is 655. The predicted octanol–water partition coefficient (Wildman–Crippen LogP) is 4.11. The van der Waals surface area contributed by atoms with Crippen molar-refractivity contribution in [2.24, 2.45) is 0 Å². The topological polar surface area (TPSA) is 35.5 Å². The smallest absolute Gasteiger partial charge is 0.173 e. The minimum atomic E-state index is -2.79. The maximum Gasteiger partial charge on any atom is 0.173 e. The van der Waals surface area contributed by atoms with Crippen LogP contribution in [0.3, 0.4) is 0 Å². The summed E-state index contributed by atoms with van der Waals surface area (Å²) < 4.78 is 23.3. The number of unbranched alkanes of at least 4 members (excludes halogenated alkanes) is 2. The molecule has 0 bridgehead atoms. The van der Waals surface area contributed by atoms with Gasteiger partial charge in [-0.25, -0.2) is 4.21 Å². The van der Waals surface area contributed by atoms with Gasteiger partial charge in [0.2, 0.25) is 0 Å². The monoisotopic (exact) mass is 350 g/mol. The van der Waals surface area contributed by atoms with Gasteiger partial charge in [-0.05, 0) is 37.0 Å². The third-order valence-electron chi connectivity index (χ3n) is 3.31. The Morgan fingerprint density at radius 3 is 2.13 bits per heavy atom. The summed E-state index contributed by atoms with van der Waals surface area (Å²) in [7, 11) is -2.79. The molecule has 2 aromatic rings. The van der Waals surface area contributed by atoms with E-state index in [9.17, 15) is 4.21 Å². The van der Waals surface area contributed by atoms with Crippen LogP contribution in [0.5, 0.6) is 0 Å². The zero-order valence-electron chi connectivity index (χ0n) is 13.1. The molecule has 23 heavy (non-hydrogen) atoms. The van der Waals surface area contributed by atoms with Gasteiger partial charge in [0, 0.05) is 17.8 Å². The molecule has 0 radical (unpaired) electrons. The maximum absolute atomic E-state index is 12.2. The van der Waals surface area contributed by atoms with E-state index in [1.807, 2.05) is 36.4 Å². The fraction of sp³-hybridized carbons (Fsp3) is 0.333. The number of rotatable bonds is 10.